The van der Waals surface area contributed by atoms with Gasteiger partial charge >= 0.3 is 5.97 Å². The largest absolute Gasteiger partial charge is 0.505 e. The van der Waals surface area contributed by atoms with E-state index < -0.39 is 23.4 Å². The minimum absolute atomic E-state index is 0.0233. The van der Waals surface area contributed by atoms with Crippen molar-refractivity contribution >= 4 is 34.4 Å². The molecular weight excluding hydrogens is 361 g/mol. The number of carbonyl (C=O) groups excluding carboxylic acids is 2. The molecule has 0 fully saturated rings. The van der Waals surface area contributed by atoms with Gasteiger partial charge in [-0.1, -0.05) is 11.6 Å². The Kier molecular flexibility index (Phi) is 4.70. The molecule has 2 aromatic carbocycles. The van der Waals surface area contributed by atoms with Gasteiger partial charge in [0.2, 0.25) is 0 Å². The lowest BCUT2D eigenvalue weighted by Crippen LogP contribution is -2.14. The molecule has 0 radical (unpaired) electrons. The normalized spacial score (nSPS) is 10.9. The third-order valence-corrected chi connectivity index (χ3v) is 4.51. The maximum absolute atomic E-state index is 14.6. The average Bonchev–Trinajstić information content (AvgIpc) is 2.90. The summed E-state index contributed by atoms with van der Waals surface area (Å²) in [5, 5.41) is 10.2. The van der Waals surface area contributed by atoms with Crippen molar-refractivity contribution in [2.45, 2.75) is 13.3 Å². The van der Waals surface area contributed by atoms with E-state index in [-0.39, 0.29) is 17.3 Å². The Morgan fingerprint density at radius 2 is 1.85 bits per heavy atom. The van der Waals surface area contributed by atoms with Crippen LogP contribution in [0.1, 0.15) is 21.6 Å². The summed E-state index contributed by atoms with van der Waals surface area (Å²) in [5.41, 5.74) is 1.31. The van der Waals surface area contributed by atoms with Crippen molar-refractivity contribution in [3.05, 3.63) is 64.1 Å². The Balaban J connectivity index is 2.27. The van der Waals surface area contributed by atoms with Crippen LogP contribution in [-0.2, 0) is 16.0 Å². The summed E-state index contributed by atoms with van der Waals surface area (Å²) in [4.78, 5) is 24.7. The molecule has 1 aromatic heterocycles. The number of hydrogen-bond acceptors (Lipinski definition) is 4. The zero-order valence-corrected chi connectivity index (χ0v) is 14.8. The van der Waals surface area contributed by atoms with Crippen molar-refractivity contribution in [2.24, 2.45) is 0 Å². The highest BCUT2D eigenvalue weighted by Gasteiger charge is 2.25. The number of methoxy groups -OCH3 is 1. The summed E-state index contributed by atoms with van der Waals surface area (Å²) in [6.45, 7) is 1.61. The number of ether oxygens (including phenoxy) is 1. The molecule has 0 aliphatic rings. The molecule has 7 heteroatoms. The number of halogens is 2. The lowest BCUT2D eigenvalue weighted by Gasteiger charge is -2.08. The molecule has 0 aliphatic heterocycles. The first-order valence-corrected chi connectivity index (χ1v) is 8.11. The fourth-order valence-electron chi connectivity index (χ4n) is 2.94. The number of hydrogen-bond donors (Lipinski definition) is 1. The van der Waals surface area contributed by atoms with Crippen LogP contribution in [0.15, 0.2) is 36.4 Å². The van der Waals surface area contributed by atoms with Gasteiger partial charge < -0.3 is 9.84 Å². The van der Waals surface area contributed by atoms with Gasteiger partial charge in [0.15, 0.2) is 11.6 Å². The molecule has 5 nitrogen and oxygen atoms in total. The molecule has 0 atom stereocenters. The van der Waals surface area contributed by atoms with Crippen molar-refractivity contribution in [3.63, 3.8) is 0 Å². The maximum atomic E-state index is 14.6. The molecule has 0 bridgehead atoms. The first-order chi connectivity index (χ1) is 12.3. The topological polar surface area (TPSA) is 68.5 Å². The van der Waals surface area contributed by atoms with Crippen LogP contribution in [0, 0.1) is 12.7 Å². The first kappa shape index (κ1) is 17.9. The SMILES string of the molecule is COC(=O)Cc1c(C)n(C(=O)c2ccc(Cl)cc2)c2ccc(O)c(F)c12. The Labute approximate surface area is 153 Å². The Bertz CT molecular complexity index is 1020. The predicted molar refractivity (Wildman–Crippen MR) is 95.2 cm³/mol. The number of phenols is 1. The number of aromatic hydroxyl groups is 1. The zero-order valence-electron chi connectivity index (χ0n) is 14.0. The Morgan fingerprint density at radius 3 is 2.46 bits per heavy atom. The lowest BCUT2D eigenvalue weighted by molar-refractivity contribution is -0.139. The van der Waals surface area contributed by atoms with Crippen molar-refractivity contribution in [1.82, 2.24) is 4.57 Å². The minimum atomic E-state index is -0.882. The van der Waals surface area contributed by atoms with Crippen molar-refractivity contribution in [2.75, 3.05) is 7.11 Å². The molecule has 0 amide bonds. The predicted octanol–water partition coefficient (Wildman–Crippen LogP) is 3.85. The fraction of sp³-hybridized carbons (Fsp3) is 0.158. The summed E-state index contributed by atoms with van der Waals surface area (Å²) in [5.74, 6) is -2.41. The molecule has 134 valence electrons. The molecule has 0 saturated heterocycles. The standard InChI is InChI=1S/C19H15ClFNO4/c1-10-13(9-16(24)26-2)17-14(7-8-15(23)18(17)21)22(10)19(25)11-3-5-12(20)6-4-11/h3-8,23H,9H2,1-2H3. The third-order valence-electron chi connectivity index (χ3n) is 4.26. The summed E-state index contributed by atoms with van der Waals surface area (Å²) in [6, 6.07) is 8.90. The van der Waals surface area contributed by atoms with E-state index >= 15 is 0 Å². The second kappa shape index (κ2) is 6.80. The van der Waals surface area contributed by atoms with Crippen LogP contribution < -0.4 is 0 Å². The quantitative estimate of drug-likeness (QED) is 0.706. The van der Waals surface area contributed by atoms with E-state index in [4.69, 9.17) is 11.6 Å². The number of phenolic OH excluding ortho intramolecular Hbond substituents is 1. The van der Waals surface area contributed by atoms with E-state index in [9.17, 15) is 19.1 Å². The number of fused-ring (bicyclic) bond motifs is 1. The Morgan fingerprint density at radius 1 is 1.19 bits per heavy atom. The summed E-state index contributed by atoms with van der Waals surface area (Å²) in [7, 11) is 1.23. The van der Waals surface area contributed by atoms with Crippen LogP contribution >= 0.6 is 11.6 Å². The van der Waals surface area contributed by atoms with E-state index in [0.717, 1.165) is 0 Å². The number of carbonyl (C=O) groups is 2. The van der Waals surface area contributed by atoms with E-state index in [2.05, 4.69) is 4.74 Å². The second-order valence-corrected chi connectivity index (χ2v) is 6.19. The van der Waals surface area contributed by atoms with Crippen molar-refractivity contribution < 1.29 is 23.8 Å². The van der Waals surface area contributed by atoms with Gasteiger partial charge in [0.1, 0.15) is 0 Å². The second-order valence-electron chi connectivity index (χ2n) is 5.76. The van der Waals surface area contributed by atoms with E-state index in [0.29, 0.717) is 21.8 Å². The average molecular weight is 376 g/mol. The van der Waals surface area contributed by atoms with Gasteiger partial charge in [-0.15, -0.1) is 0 Å². The molecule has 0 aliphatic carbocycles. The molecule has 3 aromatic rings. The van der Waals surface area contributed by atoms with Crippen LogP contribution in [-0.4, -0.2) is 28.7 Å². The lowest BCUT2D eigenvalue weighted by atomic mass is 10.1. The maximum Gasteiger partial charge on any atom is 0.310 e. The molecule has 1 N–H and O–H groups in total. The van der Waals surface area contributed by atoms with Crippen LogP contribution in [0.25, 0.3) is 10.9 Å². The zero-order chi connectivity index (χ0) is 19.0. The van der Waals surface area contributed by atoms with Gasteiger partial charge in [0.25, 0.3) is 5.91 Å². The molecule has 0 spiro atoms. The smallest absolute Gasteiger partial charge is 0.310 e. The highest BCUT2D eigenvalue weighted by atomic mass is 35.5. The molecule has 1 heterocycles. The summed E-state index contributed by atoms with van der Waals surface area (Å²) >= 11 is 5.86. The number of benzene rings is 2. The monoisotopic (exact) mass is 375 g/mol. The highest BCUT2D eigenvalue weighted by Crippen LogP contribution is 2.33. The summed E-state index contributed by atoms with van der Waals surface area (Å²) in [6.07, 6.45) is -0.222. The Hall–Kier alpha value is -2.86. The van der Waals surface area contributed by atoms with Crippen molar-refractivity contribution in [3.8, 4) is 5.75 Å². The van der Waals surface area contributed by atoms with Gasteiger partial charge in [-0.3, -0.25) is 14.2 Å². The van der Waals surface area contributed by atoms with Crippen LogP contribution in [0.3, 0.4) is 0 Å². The molecule has 26 heavy (non-hydrogen) atoms. The fourth-order valence-corrected chi connectivity index (χ4v) is 3.07. The van der Waals surface area contributed by atoms with Gasteiger partial charge in [0.05, 0.1) is 19.0 Å². The van der Waals surface area contributed by atoms with Gasteiger partial charge in [-0.05, 0) is 48.9 Å². The number of aromatic nitrogens is 1. The van der Waals surface area contributed by atoms with Crippen molar-refractivity contribution in [1.29, 1.82) is 0 Å². The van der Waals surface area contributed by atoms with Crippen LogP contribution in [0.5, 0.6) is 5.75 Å². The van der Waals surface area contributed by atoms with Gasteiger partial charge in [-0.2, -0.15) is 0 Å². The number of nitrogens with zero attached hydrogens (tertiary/aromatic N) is 1. The first-order valence-electron chi connectivity index (χ1n) is 7.73. The molecule has 0 unspecified atom stereocenters. The number of esters is 1. The third kappa shape index (κ3) is 2.93. The van der Waals surface area contributed by atoms with Crippen LogP contribution in [0.2, 0.25) is 5.02 Å². The van der Waals surface area contributed by atoms with E-state index in [1.54, 1.807) is 31.2 Å². The van der Waals surface area contributed by atoms with Gasteiger partial charge in [-0.25, -0.2) is 4.39 Å². The number of rotatable bonds is 3. The van der Waals surface area contributed by atoms with E-state index in [1.165, 1.54) is 23.8 Å². The summed E-state index contributed by atoms with van der Waals surface area (Å²) < 4.78 is 20.6. The molecule has 0 saturated carbocycles. The van der Waals surface area contributed by atoms with Gasteiger partial charge in [0, 0.05) is 21.7 Å². The molecule has 3 rings (SSSR count). The molecular formula is C19H15ClFNO4. The highest BCUT2D eigenvalue weighted by molar-refractivity contribution is 6.30. The van der Waals surface area contributed by atoms with Crippen LogP contribution in [0.4, 0.5) is 4.39 Å². The van der Waals surface area contributed by atoms with E-state index in [1.807, 2.05) is 0 Å². The minimum Gasteiger partial charge on any atom is -0.505 e.